The molecule has 2 aromatic heterocycles. The van der Waals surface area contributed by atoms with E-state index >= 15 is 0 Å². The summed E-state index contributed by atoms with van der Waals surface area (Å²) in [6.45, 7) is 6.85. The van der Waals surface area contributed by atoms with Crippen molar-refractivity contribution >= 4 is 50.5 Å². The zero-order valence-corrected chi connectivity index (χ0v) is 25.0. The largest absolute Gasteiger partial charge is 0.375 e. The van der Waals surface area contributed by atoms with Gasteiger partial charge in [-0.2, -0.15) is 0 Å². The molecule has 0 radical (unpaired) electrons. The molecule has 0 spiro atoms. The molecule has 206 valence electrons. The molecule has 0 fully saturated rings. The predicted molar refractivity (Wildman–Crippen MR) is 187 cm³/mol. The van der Waals surface area contributed by atoms with Gasteiger partial charge in [-0.25, -0.2) is 0 Å². The Labute approximate surface area is 256 Å². The van der Waals surface area contributed by atoms with Gasteiger partial charge in [0.05, 0.1) is 11.0 Å². The maximum absolute atomic E-state index is 2.73. The van der Waals surface area contributed by atoms with Crippen LogP contribution in [0.15, 0.2) is 121 Å². The number of aryl methyl sites for hydroxylation is 3. The van der Waals surface area contributed by atoms with Crippen LogP contribution in [0.25, 0.3) is 71.9 Å². The molecule has 0 unspecified atom stereocenters. The lowest BCUT2D eigenvalue weighted by Crippen LogP contribution is -2.55. The van der Waals surface area contributed by atoms with E-state index in [0.717, 1.165) is 0 Å². The summed E-state index contributed by atoms with van der Waals surface area (Å²) in [5.41, 5.74) is 19.9. The average molecular weight is 561 g/mol. The molecule has 0 N–H and O–H groups in total. The fraction of sp³-hybridized carbons (Fsp3) is 0.0732. The molecule has 0 saturated heterocycles. The summed E-state index contributed by atoms with van der Waals surface area (Å²) in [5.74, 6) is 0. The third-order valence-electron chi connectivity index (χ3n) is 10.3. The van der Waals surface area contributed by atoms with Crippen LogP contribution in [0.5, 0.6) is 0 Å². The Balaban J connectivity index is 1.48. The summed E-state index contributed by atoms with van der Waals surface area (Å²) in [7, 11) is 0. The van der Waals surface area contributed by atoms with Crippen LogP contribution in [0.3, 0.4) is 0 Å². The molecule has 3 heteroatoms. The first-order chi connectivity index (χ1) is 21.6. The van der Waals surface area contributed by atoms with Gasteiger partial charge in [-0.3, -0.25) is 0 Å². The lowest BCUT2D eigenvalue weighted by Gasteiger charge is -2.34. The van der Waals surface area contributed by atoms with Crippen LogP contribution in [0, 0.1) is 20.8 Å². The van der Waals surface area contributed by atoms with Gasteiger partial charge in [-0.1, -0.05) is 109 Å². The highest BCUT2D eigenvalue weighted by Gasteiger charge is 2.42. The zero-order chi connectivity index (χ0) is 29.3. The van der Waals surface area contributed by atoms with Crippen molar-refractivity contribution in [2.45, 2.75) is 20.8 Å². The molecule has 2 aliphatic rings. The highest BCUT2D eigenvalue weighted by atomic mass is 15.0. The van der Waals surface area contributed by atoms with Gasteiger partial charge in [0, 0.05) is 49.7 Å². The fourth-order valence-corrected chi connectivity index (χ4v) is 8.61. The first kappa shape index (κ1) is 24.2. The minimum atomic E-state index is 0.0471. The fourth-order valence-electron chi connectivity index (χ4n) is 8.61. The van der Waals surface area contributed by atoms with Crippen LogP contribution in [-0.2, 0) is 0 Å². The molecule has 0 saturated carbocycles. The number of hydrogen-bond acceptors (Lipinski definition) is 0. The Hall–Kier alpha value is -5.28. The molecule has 2 aliphatic heterocycles. The van der Waals surface area contributed by atoms with Crippen molar-refractivity contribution < 1.29 is 0 Å². The highest BCUT2D eigenvalue weighted by Crippen LogP contribution is 2.49. The van der Waals surface area contributed by atoms with E-state index < -0.39 is 0 Å². The van der Waals surface area contributed by atoms with Gasteiger partial charge in [-0.15, -0.1) is 0 Å². The number of benzene rings is 6. The zero-order valence-electron chi connectivity index (χ0n) is 25.0. The van der Waals surface area contributed by atoms with Crippen LogP contribution < -0.4 is 10.9 Å². The SMILES string of the molecule is Cc1ccccc1-c1c(-c2c(C)cccc2C)n2c3c(cccc13)-c1cccc3c1B2c1cccc2c4ccccc4n-3c12. The number of hydrogen-bond donors (Lipinski definition) is 0. The molecule has 0 aliphatic carbocycles. The summed E-state index contributed by atoms with van der Waals surface area (Å²) in [6, 6.07) is 45.4. The second kappa shape index (κ2) is 8.42. The first-order valence-corrected chi connectivity index (χ1v) is 15.6. The van der Waals surface area contributed by atoms with E-state index in [2.05, 4.69) is 151 Å². The van der Waals surface area contributed by atoms with Gasteiger partial charge in [0.25, 0.3) is 0 Å². The molecule has 8 aromatic rings. The Morgan fingerprint density at radius 1 is 0.477 bits per heavy atom. The second-order valence-corrected chi connectivity index (χ2v) is 12.6. The lowest BCUT2D eigenvalue weighted by atomic mass is 9.45. The minimum absolute atomic E-state index is 0.0471. The molecule has 6 aromatic carbocycles. The van der Waals surface area contributed by atoms with Crippen molar-refractivity contribution in [1.82, 2.24) is 9.05 Å². The van der Waals surface area contributed by atoms with E-state index in [1.54, 1.807) is 0 Å². The van der Waals surface area contributed by atoms with E-state index in [-0.39, 0.29) is 6.85 Å². The summed E-state index contributed by atoms with van der Waals surface area (Å²) in [4.78, 5) is 0. The molecule has 10 rings (SSSR count). The van der Waals surface area contributed by atoms with Crippen LogP contribution in [-0.4, -0.2) is 15.9 Å². The molecule has 2 nitrogen and oxygen atoms in total. The van der Waals surface area contributed by atoms with Crippen LogP contribution in [0.1, 0.15) is 16.7 Å². The van der Waals surface area contributed by atoms with Gasteiger partial charge in [0.1, 0.15) is 0 Å². The standard InChI is InChI=1S/C41H29BN2/c1-24-12-4-5-15-27(24)37-32-20-9-18-31-29-17-11-23-35-38(29)42(44(39(31)32)41(37)36-25(2)13-8-14-26(36)3)33-21-10-19-30-28-16-6-7-22-34(28)43(35)40(30)33/h4-23H,1-3H3. The molecule has 0 atom stereocenters. The monoisotopic (exact) mass is 560 g/mol. The Morgan fingerprint density at radius 2 is 1.11 bits per heavy atom. The van der Waals surface area contributed by atoms with Crippen molar-refractivity contribution in [3.63, 3.8) is 0 Å². The van der Waals surface area contributed by atoms with Gasteiger partial charge in [0.2, 0.25) is 0 Å². The third kappa shape index (κ3) is 2.83. The highest BCUT2D eigenvalue weighted by molar-refractivity contribution is 6.89. The maximum atomic E-state index is 2.73. The summed E-state index contributed by atoms with van der Waals surface area (Å²) in [6.07, 6.45) is 0. The number of fused-ring (bicyclic) bond motifs is 7. The average Bonchev–Trinajstić information content (AvgIpc) is 3.56. The summed E-state index contributed by atoms with van der Waals surface area (Å²) < 4.78 is 5.26. The van der Waals surface area contributed by atoms with Crippen molar-refractivity contribution in [3.8, 4) is 39.2 Å². The van der Waals surface area contributed by atoms with Gasteiger partial charge >= 0.3 is 6.85 Å². The Bertz CT molecular complexity index is 2520. The third-order valence-corrected chi connectivity index (χ3v) is 10.3. The van der Waals surface area contributed by atoms with Gasteiger partial charge < -0.3 is 9.05 Å². The first-order valence-electron chi connectivity index (χ1n) is 15.6. The molecular formula is C41H29BN2. The van der Waals surface area contributed by atoms with Crippen LogP contribution in [0.2, 0.25) is 0 Å². The number of nitrogens with zero attached hydrogens (tertiary/aromatic N) is 2. The van der Waals surface area contributed by atoms with E-state index in [9.17, 15) is 0 Å². The minimum Gasteiger partial charge on any atom is -0.375 e. The molecule has 44 heavy (non-hydrogen) atoms. The van der Waals surface area contributed by atoms with Crippen molar-refractivity contribution in [1.29, 1.82) is 0 Å². The topological polar surface area (TPSA) is 9.86 Å². The van der Waals surface area contributed by atoms with Crippen LogP contribution >= 0.6 is 0 Å². The normalized spacial score (nSPS) is 12.8. The van der Waals surface area contributed by atoms with Crippen LogP contribution in [0.4, 0.5) is 0 Å². The van der Waals surface area contributed by atoms with E-state index in [1.807, 2.05) is 0 Å². The number of aromatic nitrogens is 2. The van der Waals surface area contributed by atoms with Crippen molar-refractivity contribution in [3.05, 3.63) is 138 Å². The molecule has 4 heterocycles. The summed E-state index contributed by atoms with van der Waals surface area (Å²) >= 11 is 0. The quantitative estimate of drug-likeness (QED) is 0.187. The molecule has 0 amide bonds. The van der Waals surface area contributed by atoms with Gasteiger partial charge in [0.15, 0.2) is 0 Å². The molecule has 0 bridgehead atoms. The second-order valence-electron chi connectivity index (χ2n) is 12.6. The van der Waals surface area contributed by atoms with E-state index in [0.29, 0.717) is 0 Å². The maximum Gasteiger partial charge on any atom is 0.333 e. The van der Waals surface area contributed by atoms with Crippen molar-refractivity contribution in [2.75, 3.05) is 0 Å². The Kier molecular flexibility index (Phi) is 4.63. The summed E-state index contributed by atoms with van der Waals surface area (Å²) in [5, 5.41) is 3.96. The van der Waals surface area contributed by atoms with E-state index in [1.165, 1.54) is 99.5 Å². The van der Waals surface area contributed by atoms with Gasteiger partial charge in [-0.05, 0) is 71.6 Å². The predicted octanol–water partition coefficient (Wildman–Crippen LogP) is 8.95. The smallest absolute Gasteiger partial charge is 0.333 e. The lowest BCUT2D eigenvalue weighted by molar-refractivity contribution is 1.17. The number of para-hydroxylation sites is 3. The number of rotatable bonds is 2. The molecular weight excluding hydrogens is 531 g/mol. The Morgan fingerprint density at radius 3 is 1.98 bits per heavy atom. The van der Waals surface area contributed by atoms with E-state index in [4.69, 9.17) is 0 Å². The van der Waals surface area contributed by atoms with Crippen molar-refractivity contribution in [2.24, 2.45) is 0 Å².